The van der Waals surface area contributed by atoms with Gasteiger partial charge in [-0.25, -0.2) is 9.13 Å². The number of ether oxygens (including phenoxy) is 12. The number of Topliss-reactive ketones (excluding diaryl/α,β-unsaturated/α-hetero) is 2. The van der Waals surface area contributed by atoms with Crippen LogP contribution in [0.5, 0.6) is 0 Å². The third-order valence-corrected chi connectivity index (χ3v) is 21.9. The SMILES string of the molecule is C#CCOC(=O)C(C)(CC(C)(C)C(=O)OCC(C)(COC(=O)C(C)(C)CC(C)(CC(C)(CC(C)(C)C(=O)OCCOP(=O)(O)OCC[N+](C)(C)C)C(=O)OCCOC(=O)CC(C)=O)C(=O)OCC#C)C(=O)OCCN1C(=O)C2C3C=CC(O3)C2C1=O)CC(C)(CC(C)(C)C(=O)OCCOP(=O)(O)OCC[N+](C)(C)C)C(=O)OCCOC(=O)CC(C)=O. The highest BCUT2D eigenvalue weighted by molar-refractivity contribution is 7.47. The van der Waals surface area contributed by atoms with Crippen LogP contribution in [0.4, 0.5) is 0 Å². The van der Waals surface area contributed by atoms with E-state index in [1.807, 2.05) is 42.3 Å². The number of quaternary nitrogens is 2. The summed E-state index contributed by atoms with van der Waals surface area (Å²) in [6.07, 6.45) is 8.34. The van der Waals surface area contributed by atoms with E-state index >= 15 is 9.59 Å². The van der Waals surface area contributed by atoms with Crippen molar-refractivity contribution in [3.63, 3.8) is 0 Å². The molecule has 40 heteroatoms. The lowest BCUT2D eigenvalue weighted by Gasteiger charge is -2.42. The van der Waals surface area contributed by atoms with Crippen molar-refractivity contribution in [2.45, 2.75) is 167 Å². The fourth-order valence-corrected chi connectivity index (χ4v) is 16.0. The summed E-state index contributed by atoms with van der Waals surface area (Å²) in [6.45, 7) is 10.6. The number of imide groups is 1. The second-order valence-electron chi connectivity index (χ2n) is 36.6. The molecule has 3 heterocycles. The molecule has 0 spiro atoms. The summed E-state index contributed by atoms with van der Waals surface area (Å²) in [6, 6.07) is 0. The molecule has 3 aliphatic rings. The third-order valence-electron chi connectivity index (χ3n) is 19.9. The van der Waals surface area contributed by atoms with Crippen LogP contribution in [0, 0.1) is 85.3 Å². The summed E-state index contributed by atoms with van der Waals surface area (Å²) in [5.41, 5.74) is -17.6. The fraction of sp³-hybridized carbons (Fsp3) is 0.741. The Bertz CT molecular complexity index is 3750. The lowest BCUT2D eigenvalue weighted by atomic mass is 9.62. The Morgan fingerprint density at radius 2 is 0.653 bits per heavy atom. The molecule has 2 amide bonds. The molecule has 2 saturated heterocycles. The van der Waals surface area contributed by atoms with Crippen molar-refractivity contribution in [1.29, 1.82) is 0 Å². The van der Waals surface area contributed by atoms with Crippen molar-refractivity contribution in [1.82, 2.24) is 4.90 Å². The highest BCUT2D eigenvalue weighted by atomic mass is 31.2. The first-order valence-corrected chi connectivity index (χ1v) is 42.2. The smallest absolute Gasteiger partial charge is 0.464 e. The molecular formula is C81H125N3O35P2+2. The van der Waals surface area contributed by atoms with E-state index in [0.29, 0.717) is 22.1 Å². The normalized spacial score (nSPS) is 19.4. The maximum atomic E-state index is 15.0. The van der Waals surface area contributed by atoms with Crippen LogP contribution in [0.25, 0.3) is 0 Å². The van der Waals surface area contributed by atoms with Crippen molar-refractivity contribution < 1.29 is 175 Å². The first-order chi connectivity index (χ1) is 55.4. The van der Waals surface area contributed by atoms with E-state index in [0.717, 1.165) is 18.7 Å². The molecule has 121 heavy (non-hydrogen) atoms. The highest BCUT2D eigenvalue weighted by Crippen LogP contribution is 2.53. The Morgan fingerprint density at radius 1 is 0.388 bits per heavy atom. The number of nitrogens with zero attached hydrogens (tertiary/aromatic N) is 3. The Balaban J connectivity index is 2.14. The molecule has 0 saturated carbocycles. The molecule has 10 atom stereocenters. The molecule has 38 nitrogen and oxygen atoms in total. The molecule has 0 aliphatic carbocycles. The van der Waals surface area contributed by atoms with Crippen LogP contribution in [0.3, 0.4) is 0 Å². The van der Waals surface area contributed by atoms with Crippen LogP contribution in [0.15, 0.2) is 12.2 Å². The van der Waals surface area contributed by atoms with Crippen LogP contribution in [0.2, 0.25) is 0 Å². The molecule has 3 rings (SSSR count). The Hall–Kier alpha value is -8.39. The number of rotatable bonds is 56. The number of terminal acetylenes is 2. The maximum absolute atomic E-state index is 15.0. The van der Waals surface area contributed by atoms with Gasteiger partial charge in [0.15, 0.2) is 13.2 Å². The van der Waals surface area contributed by atoms with Gasteiger partial charge in [-0.1, -0.05) is 24.0 Å². The van der Waals surface area contributed by atoms with Crippen LogP contribution >= 0.6 is 15.6 Å². The first-order valence-electron chi connectivity index (χ1n) is 39.2. The molecule has 10 unspecified atom stereocenters. The molecule has 682 valence electrons. The number of fused-ring (bicyclic) bond motifs is 5. The van der Waals surface area contributed by atoms with E-state index in [4.69, 9.17) is 87.8 Å². The number of hydrogen-bond donors (Lipinski definition) is 2. The minimum atomic E-state index is -4.63. The number of likely N-dealkylation sites (N-methyl/N-ethyl adjacent to an activating group) is 2. The zero-order valence-electron chi connectivity index (χ0n) is 73.6. The van der Waals surface area contributed by atoms with Crippen LogP contribution in [0.1, 0.15) is 155 Å². The number of phosphoric acid groups is 2. The van der Waals surface area contributed by atoms with Crippen molar-refractivity contribution in [3.05, 3.63) is 12.2 Å². The Kier molecular flexibility index (Phi) is 39.1. The monoisotopic (exact) mass is 1760 g/mol. The molecule has 0 aromatic heterocycles. The number of carbonyl (C=O) groups is 15. The summed E-state index contributed by atoms with van der Waals surface area (Å²) in [7, 11) is 1.71. The molecule has 0 radical (unpaired) electrons. The van der Waals surface area contributed by atoms with E-state index in [9.17, 15) is 81.2 Å². The van der Waals surface area contributed by atoms with Gasteiger partial charge in [-0.05, 0) is 142 Å². The zero-order valence-corrected chi connectivity index (χ0v) is 75.4. The molecule has 2 fully saturated rings. The molecule has 0 aromatic rings. The highest BCUT2D eigenvalue weighted by Gasteiger charge is 2.61. The van der Waals surface area contributed by atoms with Gasteiger partial charge in [0, 0.05) is 0 Å². The van der Waals surface area contributed by atoms with E-state index in [2.05, 4.69) is 11.8 Å². The fourth-order valence-electron chi connectivity index (χ4n) is 14.6. The van der Waals surface area contributed by atoms with E-state index in [1.54, 1.807) is 12.2 Å². The van der Waals surface area contributed by atoms with Gasteiger partial charge in [0.2, 0.25) is 11.8 Å². The van der Waals surface area contributed by atoms with E-state index < -0.39 is 321 Å². The molecule has 0 aromatic carbocycles. The largest absolute Gasteiger partial charge is 0.472 e. The van der Waals surface area contributed by atoms with Crippen LogP contribution in [-0.4, -0.2) is 286 Å². The second kappa shape index (κ2) is 44.3. The summed E-state index contributed by atoms with van der Waals surface area (Å²) in [5.74, 6) is -11.3. The second-order valence-corrected chi connectivity index (χ2v) is 39.5. The van der Waals surface area contributed by atoms with Gasteiger partial charge >= 0.3 is 81.3 Å². The van der Waals surface area contributed by atoms with Gasteiger partial charge in [0.1, 0.15) is 116 Å². The van der Waals surface area contributed by atoms with Gasteiger partial charge in [-0.15, -0.1) is 12.8 Å². The van der Waals surface area contributed by atoms with Crippen LogP contribution in [-0.2, 0) is 156 Å². The van der Waals surface area contributed by atoms with Gasteiger partial charge < -0.3 is 75.6 Å². The Labute approximate surface area is 707 Å². The van der Waals surface area contributed by atoms with Gasteiger partial charge in [0.05, 0.1) is 129 Å². The number of carbonyl (C=O) groups excluding carboxylic acids is 15. The number of esters is 11. The maximum Gasteiger partial charge on any atom is 0.472 e. The zero-order chi connectivity index (χ0) is 92.6. The number of hydrogen-bond acceptors (Lipinski definition) is 33. The van der Waals surface area contributed by atoms with E-state index in [1.165, 1.54) is 90.0 Å². The average molecular weight is 1760 g/mol. The lowest BCUT2D eigenvalue weighted by Crippen LogP contribution is -2.48. The summed E-state index contributed by atoms with van der Waals surface area (Å²) in [4.78, 5) is 228. The van der Waals surface area contributed by atoms with Crippen molar-refractivity contribution in [2.24, 2.45) is 60.6 Å². The number of likely N-dealkylation sites (tertiary alicyclic amines) is 1. The quantitative estimate of drug-likeness (QED) is 0.00899. The van der Waals surface area contributed by atoms with Gasteiger partial charge in [-0.2, -0.15) is 0 Å². The molecular weight excluding hydrogens is 1640 g/mol. The van der Waals surface area contributed by atoms with Crippen molar-refractivity contribution in [3.8, 4) is 24.7 Å². The average Bonchev–Trinajstić information content (AvgIpc) is 1.57. The number of ketones is 2. The van der Waals surface area contributed by atoms with Crippen LogP contribution < -0.4 is 0 Å². The summed E-state index contributed by atoms with van der Waals surface area (Å²) < 4.78 is 113. The number of amides is 2. The van der Waals surface area contributed by atoms with Gasteiger partial charge in [-0.3, -0.25) is 94.9 Å². The first kappa shape index (κ1) is 107. The molecule has 2 N–H and O–H groups in total. The standard InChI is InChI=1S/C81H123N3O35P2/c1-24-31-106-68(95)77(13,50-79(15,70(97)111-38-36-104-58(87)44-54(3)85)46-73(5,6)64(91)109-40-42-117-120(100,101)115-34-29-83(18,19)20)48-75(9,10)66(93)113-52-81(17,72(99)108-33-28-82-62(89)60-56-26-27-57(119-56)61(60)63(82)90)53-114-67(94)76(11,12)49-78(14,69(96)107-32-25-2)51-80(16,71(98)112-39-37-105-59(88)45-55(4)86)47-74(7,8)65(92)110-41-43-118-121(102,103)116-35-30-84(21,22)23/h1-2,26-27,56-57,60-61H,28-53H2,3-23H3/p+2. The van der Waals surface area contributed by atoms with Crippen molar-refractivity contribution >= 4 is 105 Å². The molecule has 3 aliphatic heterocycles. The lowest BCUT2D eigenvalue weighted by molar-refractivity contribution is -0.870. The minimum Gasteiger partial charge on any atom is -0.464 e. The number of phosphoric ester groups is 2. The minimum absolute atomic E-state index is 0.160. The predicted octanol–water partition coefficient (Wildman–Crippen LogP) is 5.28. The van der Waals surface area contributed by atoms with Crippen molar-refractivity contribution in [2.75, 3.05) is 161 Å². The third kappa shape index (κ3) is 34.0. The predicted molar refractivity (Wildman–Crippen MR) is 423 cm³/mol. The molecule has 2 bridgehead atoms. The summed E-state index contributed by atoms with van der Waals surface area (Å²) >= 11 is 0. The topological polar surface area (TPSA) is 482 Å². The summed E-state index contributed by atoms with van der Waals surface area (Å²) in [5, 5.41) is 0. The Morgan fingerprint density at radius 3 is 0.959 bits per heavy atom. The van der Waals surface area contributed by atoms with E-state index in [-0.39, 0.29) is 13.2 Å². The van der Waals surface area contributed by atoms with Gasteiger partial charge in [0.25, 0.3) is 0 Å².